The summed E-state index contributed by atoms with van der Waals surface area (Å²) in [6, 6.07) is 17.6. The zero-order valence-corrected chi connectivity index (χ0v) is 17.5. The predicted molar refractivity (Wildman–Crippen MR) is 114 cm³/mol. The molecule has 2 aromatic carbocycles. The molecule has 0 bridgehead atoms. The van der Waals surface area contributed by atoms with Crippen LogP contribution in [-0.4, -0.2) is 41.1 Å². The molecule has 1 aromatic heterocycles. The third-order valence-corrected chi connectivity index (χ3v) is 5.84. The molecule has 30 heavy (non-hydrogen) atoms. The smallest absolute Gasteiger partial charge is 0.258 e. The van der Waals surface area contributed by atoms with E-state index in [9.17, 15) is 4.79 Å². The monoisotopic (exact) mass is 405 g/mol. The Bertz CT molecular complexity index is 978. The number of carbonyl (C=O) groups excluding carboxylic acids is 1. The fraction of sp³-hybridized carbons (Fsp3) is 0.375. The van der Waals surface area contributed by atoms with Gasteiger partial charge in [0.1, 0.15) is 5.75 Å². The molecule has 3 aromatic rings. The number of rotatable bonds is 6. The maximum atomic E-state index is 13.1. The van der Waals surface area contributed by atoms with Crippen LogP contribution in [0.2, 0.25) is 0 Å². The maximum Gasteiger partial charge on any atom is 0.258 e. The minimum atomic E-state index is -0.0763. The molecule has 1 fully saturated rings. The van der Waals surface area contributed by atoms with Gasteiger partial charge in [-0.3, -0.25) is 4.79 Å². The van der Waals surface area contributed by atoms with Crippen LogP contribution < -0.4 is 4.74 Å². The van der Waals surface area contributed by atoms with Crippen molar-refractivity contribution in [3.8, 4) is 17.2 Å². The molecule has 2 heterocycles. The molecule has 1 saturated heterocycles. The summed E-state index contributed by atoms with van der Waals surface area (Å²) < 4.78 is 10.8. The van der Waals surface area contributed by atoms with Crippen molar-refractivity contribution in [3.63, 3.8) is 0 Å². The number of aromatic nitrogens is 2. The second kappa shape index (κ2) is 9.11. The lowest BCUT2D eigenvalue weighted by molar-refractivity contribution is -0.134. The third kappa shape index (κ3) is 4.22. The number of nitrogens with zero attached hydrogens (tertiary/aromatic N) is 3. The van der Waals surface area contributed by atoms with Crippen molar-refractivity contribution in [2.45, 2.75) is 38.0 Å². The summed E-state index contributed by atoms with van der Waals surface area (Å²) in [7, 11) is 1.63. The topological polar surface area (TPSA) is 68.5 Å². The highest BCUT2D eigenvalue weighted by atomic mass is 16.5. The van der Waals surface area contributed by atoms with Crippen molar-refractivity contribution in [2.24, 2.45) is 0 Å². The van der Waals surface area contributed by atoms with E-state index < -0.39 is 0 Å². The number of hydrogen-bond donors (Lipinski definition) is 0. The second-order valence-electron chi connectivity index (χ2n) is 7.66. The molecule has 1 aliphatic rings. The molecule has 6 heteroatoms. The summed E-state index contributed by atoms with van der Waals surface area (Å²) in [5.41, 5.74) is 1.93. The van der Waals surface area contributed by atoms with Crippen LogP contribution in [0.25, 0.3) is 11.5 Å². The minimum absolute atomic E-state index is 0.0763. The van der Waals surface area contributed by atoms with Gasteiger partial charge in [0.2, 0.25) is 5.91 Å². The fourth-order valence-electron chi connectivity index (χ4n) is 4.09. The van der Waals surface area contributed by atoms with E-state index >= 15 is 0 Å². The quantitative estimate of drug-likeness (QED) is 0.597. The van der Waals surface area contributed by atoms with Gasteiger partial charge >= 0.3 is 0 Å². The Morgan fingerprint density at radius 3 is 2.63 bits per heavy atom. The molecule has 1 amide bonds. The first-order valence-corrected chi connectivity index (χ1v) is 10.5. The number of ether oxygens (including phenoxy) is 1. The molecule has 156 valence electrons. The van der Waals surface area contributed by atoms with Crippen molar-refractivity contribution < 1.29 is 14.1 Å². The fourth-order valence-corrected chi connectivity index (χ4v) is 4.09. The highest BCUT2D eigenvalue weighted by Crippen LogP contribution is 2.31. The van der Waals surface area contributed by atoms with Gasteiger partial charge in [0.15, 0.2) is 5.82 Å². The van der Waals surface area contributed by atoms with Gasteiger partial charge in [-0.2, -0.15) is 4.98 Å². The molecule has 0 saturated carbocycles. The molecule has 0 N–H and O–H groups in total. The van der Waals surface area contributed by atoms with Gasteiger partial charge in [-0.15, -0.1) is 0 Å². The summed E-state index contributed by atoms with van der Waals surface area (Å²) in [6.07, 6.45) is 2.49. The summed E-state index contributed by atoms with van der Waals surface area (Å²) >= 11 is 0. The largest absolute Gasteiger partial charge is 0.497 e. The van der Waals surface area contributed by atoms with Gasteiger partial charge in [0, 0.05) is 24.6 Å². The molecule has 1 aliphatic heterocycles. The van der Waals surface area contributed by atoms with E-state index in [1.807, 2.05) is 59.5 Å². The van der Waals surface area contributed by atoms with Gasteiger partial charge in [-0.05, 0) is 43.0 Å². The minimum Gasteiger partial charge on any atom is -0.497 e. The van der Waals surface area contributed by atoms with Crippen LogP contribution in [0.15, 0.2) is 59.1 Å². The molecule has 1 unspecified atom stereocenters. The van der Waals surface area contributed by atoms with E-state index in [1.54, 1.807) is 7.11 Å². The van der Waals surface area contributed by atoms with Crippen molar-refractivity contribution >= 4 is 5.91 Å². The van der Waals surface area contributed by atoms with Crippen LogP contribution in [0.4, 0.5) is 0 Å². The van der Waals surface area contributed by atoms with E-state index in [0.29, 0.717) is 5.89 Å². The van der Waals surface area contributed by atoms with E-state index in [-0.39, 0.29) is 17.7 Å². The number of benzene rings is 2. The Balaban J connectivity index is 1.40. The lowest BCUT2D eigenvalue weighted by Gasteiger charge is -2.33. The Labute approximate surface area is 176 Å². The zero-order valence-electron chi connectivity index (χ0n) is 17.5. The SMILES string of the molecule is CCC(C(=O)N1CCC(c2noc(-c3cccc(OC)c3)n2)CC1)c1ccccc1. The molecule has 4 rings (SSSR count). The third-order valence-electron chi connectivity index (χ3n) is 5.84. The first-order valence-electron chi connectivity index (χ1n) is 10.5. The number of methoxy groups -OCH3 is 1. The van der Waals surface area contributed by atoms with Gasteiger partial charge in [-0.1, -0.05) is 48.5 Å². The lowest BCUT2D eigenvalue weighted by atomic mass is 9.91. The van der Waals surface area contributed by atoms with Crippen LogP contribution >= 0.6 is 0 Å². The average Bonchev–Trinajstić information content (AvgIpc) is 3.31. The predicted octanol–water partition coefficient (Wildman–Crippen LogP) is 4.65. The first kappa shape index (κ1) is 20.1. The standard InChI is InChI=1S/C24H27N3O3/c1-3-21(17-8-5-4-6-9-17)24(28)27-14-12-18(13-15-27)22-25-23(30-26-22)19-10-7-11-20(16-19)29-2/h4-11,16,18,21H,3,12-15H2,1-2H3. The van der Waals surface area contributed by atoms with Crippen molar-refractivity contribution in [1.29, 1.82) is 0 Å². The van der Waals surface area contributed by atoms with Gasteiger partial charge in [0.05, 0.1) is 13.0 Å². The summed E-state index contributed by atoms with van der Waals surface area (Å²) in [4.78, 5) is 19.7. The number of amides is 1. The van der Waals surface area contributed by atoms with Crippen LogP contribution in [0.3, 0.4) is 0 Å². The Kier molecular flexibility index (Phi) is 6.12. The van der Waals surface area contributed by atoms with Crippen molar-refractivity contribution in [3.05, 3.63) is 66.0 Å². The molecule has 0 aliphatic carbocycles. The second-order valence-corrected chi connectivity index (χ2v) is 7.66. The van der Waals surface area contributed by atoms with Crippen LogP contribution in [0, 0.1) is 0 Å². The summed E-state index contributed by atoms with van der Waals surface area (Å²) in [5.74, 6) is 2.31. The molecule has 1 atom stereocenters. The van der Waals surface area contributed by atoms with Crippen LogP contribution in [-0.2, 0) is 4.79 Å². The molecule has 0 spiro atoms. The van der Waals surface area contributed by atoms with Gasteiger partial charge in [-0.25, -0.2) is 0 Å². The number of carbonyl (C=O) groups is 1. The first-order chi connectivity index (χ1) is 14.7. The molecular weight excluding hydrogens is 378 g/mol. The highest BCUT2D eigenvalue weighted by molar-refractivity contribution is 5.83. The van der Waals surface area contributed by atoms with Gasteiger partial charge in [0.25, 0.3) is 5.89 Å². The van der Waals surface area contributed by atoms with E-state index in [1.165, 1.54) is 0 Å². The van der Waals surface area contributed by atoms with E-state index in [4.69, 9.17) is 9.26 Å². The Hall–Kier alpha value is -3.15. The lowest BCUT2D eigenvalue weighted by Crippen LogP contribution is -2.40. The zero-order chi connectivity index (χ0) is 20.9. The summed E-state index contributed by atoms with van der Waals surface area (Å²) in [5, 5.41) is 4.21. The number of piperidine rings is 1. The van der Waals surface area contributed by atoms with Crippen molar-refractivity contribution in [2.75, 3.05) is 20.2 Å². The van der Waals surface area contributed by atoms with Crippen LogP contribution in [0.1, 0.15) is 49.4 Å². The summed E-state index contributed by atoms with van der Waals surface area (Å²) in [6.45, 7) is 3.51. The number of hydrogen-bond acceptors (Lipinski definition) is 5. The maximum absolute atomic E-state index is 13.1. The normalized spacial score (nSPS) is 15.7. The van der Waals surface area contributed by atoms with E-state index in [2.05, 4.69) is 17.1 Å². The van der Waals surface area contributed by atoms with Crippen LogP contribution in [0.5, 0.6) is 5.75 Å². The average molecular weight is 405 g/mol. The van der Waals surface area contributed by atoms with Gasteiger partial charge < -0.3 is 14.2 Å². The van der Waals surface area contributed by atoms with E-state index in [0.717, 1.165) is 55.1 Å². The molecule has 6 nitrogen and oxygen atoms in total. The highest BCUT2D eigenvalue weighted by Gasteiger charge is 2.30. The molecular formula is C24H27N3O3. The molecule has 0 radical (unpaired) electrons. The van der Waals surface area contributed by atoms with Crippen molar-refractivity contribution in [1.82, 2.24) is 15.0 Å². The Morgan fingerprint density at radius 2 is 1.93 bits per heavy atom. The number of likely N-dealkylation sites (tertiary alicyclic amines) is 1. The Morgan fingerprint density at radius 1 is 1.17 bits per heavy atom.